The molecule has 188 valence electrons. The minimum Gasteiger partial charge on any atom is -0.463 e. The molecule has 0 radical (unpaired) electrons. The first kappa shape index (κ1) is 23.6. The highest BCUT2D eigenvalue weighted by Crippen LogP contribution is 2.36. The zero-order chi connectivity index (χ0) is 26.1. The number of nitrogens with zero attached hydrogens (tertiary/aromatic N) is 4. The summed E-state index contributed by atoms with van der Waals surface area (Å²) in [5, 5.41) is 0. The fourth-order valence-electron chi connectivity index (χ4n) is 4.71. The minimum absolute atomic E-state index is 0.0254. The van der Waals surface area contributed by atoms with Crippen molar-refractivity contribution in [1.82, 2.24) is 19.1 Å². The minimum atomic E-state index is -0.119. The van der Waals surface area contributed by atoms with Crippen LogP contribution in [0.1, 0.15) is 25.8 Å². The second-order valence-electron chi connectivity index (χ2n) is 9.20. The molecule has 7 heteroatoms. The van der Waals surface area contributed by atoms with Crippen LogP contribution in [0, 0.1) is 0 Å². The van der Waals surface area contributed by atoms with E-state index in [1.165, 1.54) is 0 Å². The van der Waals surface area contributed by atoms with E-state index in [-0.39, 0.29) is 11.1 Å². The Kier molecular flexibility index (Phi) is 6.17. The molecule has 3 aromatic heterocycles. The molecule has 0 aliphatic heterocycles. The highest BCUT2D eigenvalue weighted by atomic mass is 16.3. The van der Waals surface area contributed by atoms with E-state index in [4.69, 9.17) is 4.42 Å². The Labute approximate surface area is 218 Å². The molecule has 1 aliphatic rings. The number of furan rings is 1. The molecule has 1 aliphatic carbocycles. The van der Waals surface area contributed by atoms with Crippen molar-refractivity contribution in [2.24, 2.45) is 0 Å². The van der Waals surface area contributed by atoms with Crippen LogP contribution in [0.25, 0.3) is 44.8 Å². The van der Waals surface area contributed by atoms with E-state index in [1.54, 1.807) is 23.0 Å². The van der Waals surface area contributed by atoms with Gasteiger partial charge in [-0.15, -0.1) is 0 Å². The first-order chi connectivity index (χ1) is 18.7. The number of aromatic nitrogens is 4. The largest absolute Gasteiger partial charge is 0.463 e. The van der Waals surface area contributed by atoms with Gasteiger partial charge < -0.3 is 13.6 Å². The van der Waals surface area contributed by atoms with Gasteiger partial charge >= 0.3 is 0 Å². The Morgan fingerprint density at radius 3 is 2.03 bits per heavy atom. The SMILES string of the molecule is CCn1c(=O)c(-c2ccco2)nc2ccccc21.O=c1c(-c2ccccc2)nc2ccccc2n1C1CC1. The van der Waals surface area contributed by atoms with Crippen LogP contribution in [-0.2, 0) is 6.54 Å². The van der Waals surface area contributed by atoms with Gasteiger partial charge in [0.2, 0.25) is 0 Å². The van der Waals surface area contributed by atoms with E-state index in [0.717, 1.165) is 40.5 Å². The van der Waals surface area contributed by atoms with E-state index in [2.05, 4.69) is 9.97 Å². The Morgan fingerprint density at radius 2 is 1.37 bits per heavy atom. The van der Waals surface area contributed by atoms with Crippen molar-refractivity contribution in [1.29, 1.82) is 0 Å². The summed E-state index contributed by atoms with van der Waals surface area (Å²) >= 11 is 0. The molecule has 1 fully saturated rings. The molecule has 7 nitrogen and oxygen atoms in total. The van der Waals surface area contributed by atoms with Gasteiger partial charge in [-0.25, -0.2) is 9.97 Å². The topological polar surface area (TPSA) is 82.9 Å². The molecule has 0 saturated heterocycles. The summed E-state index contributed by atoms with van der Waals surface area (Å²) in [7, 11) is 0. The van der Waals surface area contributed by atoms with Crippen molar-refractivity contribution in [2.45, 2.75) is 32.4 Å². The summed E-state index contributed by atoms with van der Waals surface area (Å²) in [5.74, 6) is 0.507. The zero-order valence-corrected chi connectivity index (χ0v) is 20.9. The smallest absolute Gasteiger partial charge is 0.280 e. The quantitative estimate of drug-likeness (QED) is 0.292. The average molecular weight is 503 g/mol. The lowest BCUT2D eigenvalue weighted by atomic mass is 10.1. The Hall–Kier alpha value is -4.78. The van der Waals surface area contributed by atoms with E-state index < -0.39 is 0 Å². The van der Waals surface area contributed by atoms with Gasteiger partial charge in [-0.1, -0.05) is 54.6 Å². The third kappa shape index (κ3) is 4.32. The van der Waals surface area contributed by atoms with Crippen LogP contribution in [-0.4, -0.2) is 19.1 Å². The van der Waals surface area contributed by atoms with E-state index in [0.29, 0.717) is 29.7 Å². The lowest BCUT2D eigenvalue weighted by molar-refractivity contribution is 0.577. The Morgan fingerprint density at radius 1 is 0.737 bits per heavy atom. The molecule has 3 heterocycles. The van der Waals surface area contributed by atoms with Crippen molar-refractivity contribution >= 4 is 22.1 Å². The second-order valence-corrected chi connectivity index (χ2v) is 9.20. The molecule has 0 spiro atoms. The maximum Gasteiger partial charge on any atom is 0.280 e. The molecule has 1 saturated carbocycles. The van der Waals surface area contributed by atoms with Crippen LogP contribution < -0.4 is 11.1 Å². The summed E-state index contributed by atoms with van der Waals surface area (Å²) in [6.07, 6.45) is 3.71. The molecule has 6 aromatic rings. The van der Waals surface area contributed by atoms with Crippen LogP contribution in [0.2, 0.25) is 0 Å². The number of hydrogen-bond acceptors (Lipinski definition) is 5. The number of fused-ring (bicyclic) bond motifs is 2. The predicted octanol–water partition coefficient (Wildman–Crippen LogP) is 6.07. The summed E-state index contributed by atoms with van der Waals surface area (Å²) in [5.41, 5.74) is 5.18. The van der Waals surface area contributed by atoms with Crippen molar-refractivity contribution in [2.75, 3.05) is 0 Å². The van der Waals surface area contributed by atoms with Crippen LogP contribution in [0.15, 0.2) is 111 Å². The first-order valence-corrected chi connectivity index (χ1v) is 12.8. The summed E-state index contributed by atoms with van der Waals surface area (Å²) < 4.78 is 8.90. The van der Waals surface area contributed by atoms with E-state index in [9.17, 15) is 9.59 Å². The third-order valence-corrected chi connectivity index (χ3v) is 6.68. The Balaban J connectivity index is 0.000000140. The molecule has 0 atom stereocenters. The van der Waals surface area contributed by atoms with Gasteiger partial charge in [0, 0.05) is 18.2 Å². The zero-order valence-electron chi connectivity index (χ0n) is 20.9. The van der Waals surface area contributed by atoms with Gasteiger partial charge in [0.15, 0.2) is 11.5 Å². The van der Waals surface area contributed by atoms with Gasteiger partial charge in [-0.2, -0.15) is 0 Å². The molecule has 0 bridgehead atoms. The van der Waals surface area contributed by atoms with Crippen molar-refractivity contribution < 1.29 is 4.42 Å². The number of aryl methyl sites for hydroxylation is 1. The van der Waals surface area contributed by atoms with E-state index >= 15 is 0 Å². The Bertz CT molecular complexity index is 1850. The van der Waals surface area contributed by atoms with Gasteiger partial charge in [0.25, 0.3) is 11.1 Å². The fraction of sp³-hybridized carbons (Fsp3) is 0.161. The second kappa shape index (κ2) is 9.94. The molecular weight excluding hydrogens is 476 g/mol. The number of benzene rings is 3. The normalized spacial score (nSPS) is 12.9. The van der Waals surface area contributed by atoms with Crippen LogP contribution in [0.5, 0.6) is 0 Å². The number of hydrogen-bond donors (Lipinski definition) is 0. The highest BCUT2D eigenvalue weighted by molar-refractivity contribution is 5.78. The maximum atomic E-state index is 12.8. The van der Waals surface area contributed by atoms with Crippen LogP contribution in [0.4, 0.5) is 0 Å². The fourth-order valence-corrected chi connectivity index (χ4v) is 4.71. The van der Waals surface area contributed by atoms with Gasteiger partial charge in [-0.3, -0.25) is 9.59 Å². The standard InChI is InChI=1S/C17H14N2O.C14H12N2O2/c20-17-16(12-6-2-1-3-7-12)18-14-8-4-5-9-15(14)19(17)13-10-11-13;1-2-16-11-7-4-3-6-10(11)15-13(14(16)17)12-8-5-9-18-12/h1-9,13H,10-11H2;3-9H,2H2,1H3. The van der Waals surface area contributed by atoms with Crippen LogP contribution in [0.3, 0.4) is 0 Å². The monoisotopic (exact) mass is 502 g/mol. The van der Waals surface area contributed by atoms with Crippen molar-refractivity contribution in [3.05, 3.63) is 118 Å². The van der Waals surface area contributed by atoms with Gasteiger partial charge in [0.1, 0.15) is 5.69 Å². The third-order valence-electron chi connectivity index (χ3n) is 6.68. The lowest BCUT2D eigenvalue weighted by Gasteiger charge is -2.11. The van der Waals surface area contributed by atoms with Crippen molar-refractivity contribution in [3.8, 4) is 22.7 Å². The van der Waals surface area contributed by atoms with E-state index in [1.807, 2.05) is 90.4 Å². The summed E-state index contributed by atoms with van der Waals surface area (Å²) in [6.45, 7) is 2.55. The molecular formula is C31H26N4O3. The predicted molar refractivity (Wildman–Crippen MR) is 149 cm³/mol. The summed E-state index contributed by atoms with van der Waals surface area (Å²) in [4.78, 5) is 34.1. The highest BCUT2D eigenvalue weighted by Gasteiger charge is 2.27. The van der Waals surface area contributed by atoms with Gasteiger partial charge in [0.05, 0.1) is 28.3 Å². The van der Waals surface area contributed by atoms with Crippen molar-refractivity contribution in [3.63, 3.8) is 0 Å². The van der Waals surface area contributed by atoms with Gasteiger partial charge in [-0.05, 0) is 56.2 Å². The number of para-hydroxylation sites is 4. The number of rotatable bonds is 4. The van der Waals surface area contributed by atoms with Crippen LogP contribution >= 0.6 is 0 Å². The molecule has 0 unspecified atom stereocenters. The molecule has 3 aromatic carbocycles. The lowest BCUT2D eigenvalue weighted by Crippen LogP contribution is -2.22. The average Bonchev–Trinajstić information content (AvgIpc) is 3.65. The first-order valence-electron chi connectivity index (χ1n) is 12.8. The summed E-state index contributed by atoms with van der Waals surface area (Å²) in [6, 6.07) is 29.0. The molecule has 7 rings (SSSR count). The molecule has 38 heavy (non-hydrogen) atoms. The maximum absolute atomic E-state index is 12.8. The molecule has 0 amide bonds. The molecule has 0 N–H and O–H groups in total.